The van der Waals surface area contributed by atoms with Gasteiger partial charge in [0.2, 0.25) is 6.29 Å². The summed E-state index contributed by atoms with van der Waals surface area (Å²) < 4.78 is 15.9. The second-order valence-electron chi connectivity index (χ2n) is 3.42. The highest BCUT2D eigenvalue weighted by Gasteiger charge is 2.46. The van der Waals surface area contributed by atoms with Crippen molar-refractivity contribution >= 4 is 0 Å². The zero-order valence-electron chi connectivity index (χ0n) is 7.06. The largest absolute Gasteiger partial charge is 0.470 e. The van der Waals surface area contributed by atoms with Gasteiger partial charge in [-0.2, -0.15) is 0 Å². The first kappa shape index (κ1) is 8.04. The van der Waals surface area contributed by atoms with Gasteiger partial charge in [0, 0.05) is 0 Å². The number of fused-ring (bicyclic) bond motifs is 1. The van der Waals surface area contributed by atoms with Crippen molar-refractivity contribution in [2.75, 3.05) is 0 Å². The van der Waals surface area contributed by atoms with Crippen LogP contribution in [-0.4, -0.2) is 29.4 Å². The molecule has 3 atom stereocenters. The smallest absolute Gasteiger partial charge is 0.230 e. The van der Waals surface area contributed by atoms with E-state index in [-0.39, 0.29) is 0 Å². The molecule has 0 saturated carbocycles. The Hall–Kier alpha value is -0.580. The Morgan fingerprint density at radius 3 is 2.75 bits per heavy atom. The summed E-state index contributed by atoms with van der Waals surface area (Å²) in [5, 5.41) is 9.44. The lowest BCUT2D eigenvalue weighted by molar-refractivity contribution is -0.176. The second-order valence-corrected chi connectivity index (χ2v) is 3.42. The zero-order valence-corrected chi connectivity index (χ0v) is 7.06. The monoisotopic (exact) mass is 172 g/mol. The van der Waals surface area contributed by atoms with Gasteiger partial charge in [-0.1, -0.05) is 0 Å². The van der Waals surface area contributed by atoms with Crippen LogP contribution >= 0.6 is 0 Å². The van der Waals surface area contributed by atoms with Crippen molar-refractivity contribution in [2.45, 2.75) is 38.1 Å². The molecule has 2 aliphatic rings. The van der Waals surface area contributed by atoms with Crippen LogP contribution in [0, 0.1) is 0 Å². The first-order valence-electron chi connectivity index (χ1n) is 3.94. The van der Waals surface area contributed by atoms with Crippen molar-refractivity contribution in [1.29, 1.82) is 0 Å². The van der Waals surface area contributed by atoms with E-state index < -0.39 is 24.3 Å². The first-order valence-corrected chi connectivity index (χ1v) is 3.94. The van der Waals surface area contributed by atoms with Gasteiger partial charge in [-0.3, -0.25) is 0 Å². The van der Waals surface area contributed by atoms with Crippen molar-refractivity contribution in [2.24, 2.45) is 0 Å². The summed E-state index contributed by atoms with van der Waals surface area (Å²) in [6, 6.07) is 0. The minimum Gasteiger partial charge on any atom is -0.470 e. The molecule has 0 radical (unpaired) electrons. The predicted molar refractivity (Wildman–Crippen MR) is 40.1 cm³/mol. The molecule has 1 fully saturated rings. The van der Waals surface area contributed by atoms with E-state index in [2.05, 4.69) is 0 Å². The molecule has 0 aliphatic carbocycles. The molecular formula is C8H12O4. The van der Waals surface area contributed by atoms with Crippen molar-refractivity contribution in [1.82, 2.24) is 0 Å². The molecule has 0 aromatic rings. The molecule has 1 saturated heterocycles. The zero-order chi connectivity index (χ0) is 8.77. The number of aliphatic hydroxyl groups excluding tert-OH is 1. The van der Waals surface area contributed by atoms with Crippen molar-refractivity contribution in [3.05, 3.63) is 12.3 Å². The Morgan fingerprint density at radius 2 is 2.08 bits per heavy atom. The molecule has 2 rings (SSSR count). The Labute approximate surface area is 70.7 Å². The average Bonchev–Trinajstić information content (AvgIpc) is 2.25. The van der Waals surface area contributed by atoms with E-state index in [1.54, 1.807) is 19.9 Å². The molecule has 12 heavy (non-hydrogen) atoms. The lowest BCUT2D eigenvalue weighted by Gasteiger charge is -2.22. The lowest BCUT2D eigenvalue weighted by atomic mass is 10.2. The highest BCUT2D eigenvalue weighted by atomic mass is 16.8. The molecule has 4 heteroatoms. The molecule has 0 aromatic carbocycles. The topological polar surface area (TPSA) is 47.9 Å². The van der Waals surface area contributed by atoms with E-state index in [1.807, 2.05) is 0 Å². The molecule has 4 nitrogen and oxygen atoms in total. The fourth-order valence-electron chi connectivity index (χ4n) is 1.41. The fourth-order valence-corrected chi connectivity index (χ4v) is 1.41. The van der Waals surface area contributed by atoms with Crippen molar-refractivity contribution in [3.63, 3.8) is 0 Å². The van der Waals surface area contributed by atoms with Crippen LogP contribution in [0.25, 0.3) is 0 Å². The van der Waals surface area contributed by atoms with E-state index in [9.17, 15) is 5.11 Å². The Bertz CT molecular complexity index is 211. The van der Waals surface area contributed by atoms with Crippen molar-refractivity contribution in [3.8, 4) is 0 Å². The van der Waals surface area contributed by atoms with Gasteiger partial charge in [-0.05, 0) is 19.9 Å². The summed E-state index contributed by atoms with van der Waals surface area (Å²) >= 11 is 0. The third kappa shape index (κ3) is 1.22. The van der Waals surface area contributed by atoms with Crippen LogP contribution in [0.15, 0.2) is 12.3 Å². The number of rotatable bonds is 0. The first-order chi connectivity index (χ1) is 5.58. The molecule has 0 aromatic heterocycles. The van der Waals surface area contributed by atoms with Crippen LogP contribution in [-0.2, 0) is 14.2 Å². The normalized spacial score (nSPS) is 43.8. The third-order valence-corrected chi connectivity index (χ3v) is 1.91. The average molecular weight is 172 g/mol. The van der Waals surface area contributed by atoms with E-state index in [0.29, 0.717) is 0 Å². The van der Waals surface area contributed by atoms with Gasteiger partial charge in [0.1, 0.15) is 6.10 Å². The highest BCUT2D eigenvalue weighted by Crippen LogP contribution is 2.32. The summed E-state index contributed by atoms with van der Waals surface area (Å²) in [5.74, 6) is -0.664. The number of hydrogen-bond donors (Lipinski definition) is 1. The molecule has 2 heterocycles. The molecule has 0 unspecified atom stereocenters. The van der Waals surface area contributed by atoms with Crippen LogP contribution < -0.4 is 0 Å². The quantitative estimate of drug-likeness (QED) is 0.573. The maximum absolute atomic E-state index is 9.44. The Kier molecular flexibility index (Phi) is 1.64. The minimum atomic E-state index is -0.664. The summed E-state index contributed by atoms with van der Waals surface area (Å²) in [4.78, 5) is 0. The molecule has 68 valence electrons. The van der Waals surface area contributed by atoms with Gasteiger partial charge in [0.05, 0.1) is 6.26 Å². The van der Waals surface area contributed by atoms with E-state index in [1.165, 1.54) is 6.26 Å². The maximum atomic E-state index is 9.44. The van der Waals surface area contributed by atoms with Gasteiger partial charge in [-0.25, -0.2) is 0 Å². The van der Waals surface area contributed by atoms with E-state index in [4.69, 9.17) is 14.2 Å². The van der Waals surface area contributed by atoms with Crippen LogP contribution in [0.1, 0.15) is 13.8 Å². The van der Waals surface area contributed by atoms with Crippen LogP contribution in [0.2, 0.25) is 0 Å². The van der Waals surface area contributed by atoms with Gasteiger partial charge in [0.15, 0.2) is 11.9 Å². The summed E-state index contributed by atoms with van der Waals surface area (Å²) in [6.07, 6.45) is 1.48. The molecule has 0 bridgehead atoms. The third-order valence-electron chi connectivity index (χ3n) is 1.91. The Balaban J connectivity index is 2.15. The van der Waals surface area contributed by atoms with Gasteiger partial charge in [0.25, 0.3) is 0 Å². The summed E-state index contributed by atoms with van der Waals surface area (Å²) in [7, 11) is 0. The molecule has 1 N–H and O–H groups in total. The predicted octanol–water partition coefficient (Wildman–Crippen LogP) is 0.369. The summed E-state index contributed by atoms with van der Waals surface area (Å²) in [5.41, 5.74) is 0. The van der Waals surface area contributed by atoms with Crippen LogP contribution in [0.4, 0.5) is 0 Å². The molecule has 0 spiro atoms. The molecule has 0 amide bonds. The van der Waals surface area contributed by atoms with Gasteiger partial charge < -0.3 is 19.3 Å². The van der Waals surface area contributed by atoms with Crippen LogP contribution in [0.3, 0.4) is 0 Å². The van der Waals surface area contributed by atoms with E-state index in [0.717, 1.165) is 0 Å². The standard InChI is InChI=1S/C8H12O4/c1-8(2)11-6-5(9)3-4-10-7(6)12-8/h3-7,9H,1-2H3/t5-,6+,7+/m0/s1. The number of ether oxygens (including phenoxy) is 3. The second kappa shape index (κ2) is 2.45. The highest BCUT2D eigenvalue weighted by molar-refractivity contribution is 4.98. The van der Waals surface area contributed by atoms with Gasteiger partial charge >= 0.3 is 0 Å². The molecule has 2 aliphatic heterocycles. The minimum absolute atomic E-state index is 0.398. The maximum Gasteiger partial charge on any atom is 0.230 e. The summed E-state index contributed by atoms with van der Waals surface area (Å²) in [6.45, 7) is 3.59. The van der Waals surface area contributed by atoms with Gasteiger partial charge in [-0.15, -0.1) is 0 Å². The number of hydrogen-bond acceptors (Lipinski definition) is 4. The fraction of sp³-hybridized carbons (Fsp3) is 0.750. The van der Waals surface area contributed by atoms with Crippen LogP contribution in [0.5, 0.6) is 0 Å². The SMILES string of the molecule is CC1(C)O[C@H]2OC=C[C@H](O)[C@H]2O1. The van der Waals surface area contributed by atoms with Crippen molar-refractivity contribution < 1.29 is 19.3 Å². The molecular weight excluding hydrogens is 160 g/mol. The lowest BCUT2D eigenvalue weighted by Crippen LogP contribution is -2.37. The number of aliphatic hydroxyl groups is 1. The van der Waals surface area contributed by atoms with E-state index >= 15 is 0 Å². The Morgan fingerprint density at radius 1 is 1.33 bits per heavy atom.